The Morgan fingerprint density at radius 2 is 1.56 bits per heavy atom. The van der Waals surface area contributed by atoms with E-state index in [2.05, 4.69) is 5.32 Å². The summed E-state index contributed by atoms with van der Waals surface area (Å²) in [4.78, 5) is 29.1. The van der Waals surface area contributed by atoms with Gasteiger partial charge in [-0.3, -0.25) is 9.59 Å². The van der Waals surface area contributed by atoms with E-state index in [0.717, 1.165) is 34.2 Å². The number of benzene rings is 3. The first-order valence-electron chi connectivity index (χ1n) is 12.1. The Kier molecular flexibility index (Phi) is 9.03. The molecular formula is C30H36N2O2. The maximum atomic E-state index is 13.8. The van der Waals surface area contributed by atoms with E-state index < -0.39 is 6.04 Å². The summed E-state index contributed by atoms with van der Waals surface area (Å²) in [6, 6.07) is 25.4. The van der Waals surface area contributed by atoms with Crippen molar-refractivity contribution in [3.8, 4) is 0 Å². The van der Waals surface area contributed by atoms with E-state index in [9.17, 15) is 9.59 Å². The highest BCUT2D eigenvalue weighted by atomic mass is 16.2. The van der Waals surface area contributed by atoms with E-state index in [1.807, 2.05) is 107 Å². The van der Waals surface area contributed by atoms with Gasteiger partial charge in [-0.15, -0.1) is 0 Å². The van der Waals surface area contributed by atoms with Crippen molar-refractivity contribution >= 4 is 11.8 Å². The molecule has 34 heavy (non-hydrogen) atoms. The average Bonchev–Trinajstić information content (AvgIpc) is 2.82. The molecule has 3 aromatic carbocycles. The van der Waals surface area contributed by atoms with Crippen LogP contribution in [0.4, 0.5) is 0 Å². The molecule has 2 atom stereocenters. The molecule has 1 N–H and O–H groups in total. The van der Waals surface area contributed by atoms with Gasteiger partial charge >= 0.3 is 0 Å². The van der Waals surface area contributed by atoms with Crippen molar-refractivity contribution in [3.05, 3.63) is 107 Å². The van der Waals surface area contributed by atoms with Crippen LogP contribution in [0.3, 0.4) is 0 Å². The zero-order valence-electron chi connectivity index (χ0n) is 20.8. The van der Waals surface area contributed by atoms with Crippen molar-refractivity contribution in [2.24, 2.45) is 0 Å². The highest BCUT2D eigenvalue weighted by Gasteiger charge is 2.31. The summed E-state index contributed by atoms with van der Waals surface area (Å²) in [6.07, 6.45) is 1.56. The summed E-state index contributed by atoms with van der Waals surface area (Å²) >= 11 is 0. The van der Waals surface area contributed by atoms with Gasteiger partial charge in [-0.05, 0) is 49.4 Å². The molecule has 2 amide bonds. The first-order chi connectivity index (χ1) is 16.4. The lowest BCUT2D eigenvalue weighted by Gasteiger charge is -2.33. The van der Waals surface area contributed by atoms with Crippen LogP contribution in [0.25, 0.3) is 0 Å². The Morgan fingerprint density at radius 3 is 2.24 bits per heavy atom. The molecule has 0 unspecified atom stereocenters. The van der Waals surface area contributed by atoms with Crippen molar-refractivity contribution < 1.29 is 9.59 Å². The second-order valence-corrected chi connectivity index (χ2v) is 9.14. The van der Waals surface area contributed by atoms with Gasteiger partial charge < -0.3 is 10.2 Å². The van der Waals surface area contributed by atoms with Gasteiger partial charge in [0.05, 0.1) is 6.42 Å². The van der Waals surface area contributed by atoms with Crippen LogP contribution in [0.1, 0.15) is 48.1 Å². The molecule has 3 rings (SSSR count). The highest BCUT2D eigenvalue weighted by Crippen LogP contribution is 2.19. The van der Waals surface area contributed by atoms with Crippen LogP contribution >= 0.6 is 0 Å². The third-order valence-electron chi connectivity index (χ3n) is 6.31. The molecule has 0 saturated heterocycles. The third-order valence-corrected chi connectivity index (χ3v) is 6.31. The molecule has 0 saturated carbocycles. The smallest absolute Gasteiger partial charge is 0.243 e. The predicted octanol–water partition coefficient (Wildman–Crippen LogP) is 5.40. The molecular weight excluding hydrogens is 420 g/mol. The Bertz CT molecular complexity index is 1090. The van der Waals surface area contributed by atoms with Crippen LogP contribution in [0, 0.1) is 13.8 Å². The van der Waals surface area contributed by atoms with Gasteiger partial charge in [0.25, 0.3) is 0 Å². The van der Waals surface area contributed by atoms with Crippen molar-refractivity contribution in [1.82, 2.24) is 10.2 Å². The number of amides is 2. The number of nitrogens with one attached hydrogen (secondary N) is 1. The SMILES string of the molecule is CC[C@@H](C)NC(=O)[C@@H](Cc1ccccc1)N(Cc1ccccc1C)C(=O)Cc1cccc(C)c1. The second kappa shape index (κ2) is 12.2. The molecule has 0 bridgehead atoms. The number of nitrogens with zero attached hydrogens (tertiary/aromatic N) is 1. The summed E-state index contributed by atoms with van der Waals surface area (Å²) < 4.78 is 0. The van der Waals surface area contributed by atoms with Crippen LogP contribution in [0.15, 0.2) is 78.9 Å². The molecule has 0 aliphatic rings. The van der Waals surface area contributed by atoms with Crippen LogP contribution in [-0.2, 0) is 29.0 Å². The lowest BCUT2D eigenvalue weighted by molar-refractivity contribution is -0.141. The topological polar surface area (TPSA) is 49.4 Å². The van der Waals surface area contributed by atoms with Crippen LogP contribution in [-0.4, -0.2) is 28.8 Å². The average molecular weight is 457 g/mol. The van der Waals surface area contributed by atoms with Gasteiger partial charge in [0.15, 0.2) is 0 Å². The number of carbonyl (C=O) groups excluding carboxylic acids is 2. The van der Waals surface area contributed by atoms with Gasteiger partial charge in [0, 0.05) is 19.0 Å². The molecule has 0 fully saturated rings. The van der Waals surface area contributed by atoms with Crippen molar-refractivity contribution in [2.45, 2.75) is 65.6 Å². The molecule has 0 aromatic heterocycles. The van der Waals surface area contributed by atoms with Gasteiger partial charge in [-0.25, -0.2) is 0 Å². The minimum absolute atomic E-state index is 0.0398. The minimum Gasteiger partial charge on any atom is -0.352 e. The molecule has 0 aliphatic heterocycles. The van der Waals surface area contributed by atoms with Crippen LogP contribution < -0.4 is 5.32 Å². The number of rotatable bonds is 10. The maximum Gasteiger partial charge on any atom is 0.243 e. The quantitative estimate of drug-likeness (QED) is 0.444. The second-order valence-electron chi connectivity index (χ2n) is 9.14. The Balaban J connectivity index is 1.98. The summed E-state index contributed by atoms with van der Waals surface area (Å²) in [5.41, 5.74) is 5.27. The van der Waals surface area contributed by atoms with E-state index in [1.165, 1.54) is 0 Å². The fourth-order valence-electron chi connectivity index (χ4n) is 4.06. The van der Waals surface area contributed by atoms with E-state index in [4.69, 9.17) is 0 Å². The normalized spacial score (nSPS) is 12.6. The summed E-state index contributed by atoms with van der Waals surface area (Å²) in [7, 11) is 0. The van der Waals surface area contributed by atoms with Crippen molar-refractivity contribution in [3.63, 3.8) is 0 Å². The first kappa shape index (κ1) is 25.2. The first-order valence-corrected chi connectivity index (χ1v) is 12.1. The zero-order chi connectivity index (χ0) is 24.5. The van der Waals surface area contributed by atoms with Crippen LogP contribution in [0.2, 0.25) is 0 Å². The Labute approximate surface area is 204 Å². The summed E-state index contributed by atoms with van der Waals surface area (Å²) in [6.45, 7) is 8.51. The van der Waals surface area contributed by atoms with E-state index in [-0.39, 0.29) is 24.3 Å². The molecule has 4 nitrogen and oxygen atoms in total. The van der Waals surface area contributed by atoms with Gasteiger partial charge in [0.2, 0.25) is 11.8 Å². The molecule has 178 valence electrons. The number of hydrogen-bond acceptors (Lipinski definition) is 2. The van der Waals surface area contributed by atoms with E-state index >= 15 is 0 Å². The van der Waals surface area contributed by atoms with Gasteiger partial charge in [0.1, 0.15) is 6.04 Å². The molecule has 4 heteroatoms. The monoisotopic (exact) mass is 456 g/mol. The molecule has 0 radical (unpaired) electrons. The number of hydrogen-bond donors (Lipinski definition) is 1. The minimum atomic E-state index is -0.603. The van der Waals surface area contributed by atoms with Crippen molar-refractivity contribution in [2.75, 3.05) is 0 Å². The molecule has 0 heterocycles. The van der Waals surface area contributed by atoms with Gasteiger partial charge in [-0.1, -0.05) is 91.3 Å². The number of aryl methyl sites for hydroxylation is 2. The Hall–Kier alpha value is -3.40. The van der Waals surface area contributed by atoms with Gasteiger partial charge in [-0.2, -0.15) is 0 Å². The summed E-state index contributed by atoms with van der Waals surface area (Å²) in [5.74, 6) is -0.154. The number of carbonyl (C=O) groups is 2. The third kappa shape index (κ3) is 7.05. The van der Waals surface area contributed by atoms with E-state index in [0.29, 0.717) is 13.0 Å². The lowest BCUT2D eigenvalue weighted by Crippen LogP contribution is -2.52. The zero-order valence-corrected chi connectivity index (χ0v) is 20.8. The van der Waals surface area contributed by atoms with Crippen LogP contribution in [0.5, 0.6) is 0 Å². The molecule has 0 spiro atoms. The standard InChI is InChI=1S/C30H36N2O2/c1-5-24(4)31-30(34)28(19-25-14-7-6-8-15-25)32(21-27-17-10-9-13-23(27)3)29(33)20-26-16-11-12-22(2)18-26/h6-18,24,28H,5,19-21H2,1-4H3,(H,31,34)/t24-,28-/m1/s1. The maximum absolute atomic E-state index is 13.8. The Morgan fingerprint density at radius 1 is 0.882 bits per heavy atom. The predicted molar refractivity (Wildman–Crippen MR) is 138 cm³/mol. The largest absolute Gasteiger partial charge is 0.352 e. The fourth-order valence-corrected chi connectivity index (χ4v) is 4.06. The highest BCUT2D eigenvalue weighted by molar-refractivity contribution is 5.89. The fraction of sp³-hybridized carbons (Fsp3) is 0.333. The van der Waals surface area contributed by atoms with E-state index in [1.54, 1.807) is 4.90 Å². The molecule has 0 aliphatic carbocycles. The molecule has 3 aromatic rings. The lowest BCUT2D eigenvalue weighted by atomic mass is 10.00. The van der Waals surface area contributed by atoms with Crippen molar-refractivity contribution in [1.29, 1.82) is 0 Å². The summed E-state index contributed by atoms with van der Waals surface area (Å²) in [5, 5.41) is 3.13.